The Balaban J connectivity index is 1.03. The molecule has 0 aliphatic carbocycles. The van der Waals surface area contributed by atoms with E-state index in [1.165, 1.54) is 44.4 Å². The minimum atomic E-state index is -0.603. The Hall–Kier alpha value is -7.52. The summed E-state index contributed by atoms with van der Waals surface area (Å²) in [6.45, 7) is 2.05. The molecule has 306 valence electrons. The molecule has 0 saturated carbocycles. The summed E-state index contributed by atoms with van der Waals surface area (Å²) in [7, 11) is 8.15. The van der Waals surface area contributed by atoms with Gasteiger partial charge in [-0.05, 0) is 25.5 Å². The summed E-state index contributed by atoms with van der Waals surface area (Å²) in [4.78, 5) is 101. The maximum atomic E-state index is 13.1. The second kappa shape index (κ2) is 18.4. The summed E-state index contributed by atoms with van der Waals surface area (Å²) in [5.41, 5.74) is 1.23. The van der Waals surface area contributed by atoms with Crippen molar-refractivity contribution in [1.82, 2.24) is 48.4 Å². The van der Waals surface area contributed by atoms with Crippen LogP contribution in [0.4, 0.5) is 23.0 Å². The molecule has 6 N–H and O–H groups in total. The Morgan fingerprint density at radius 1 is 0.586 bits per heavy atom. The first-order valence-electron chi connectivity index (χ1n) is 18.0. The zero-order chi connectivity index (χ0) is 42.1. The number of amides is 6. The summed E-state index contributed by atoms with van der Waals surface area (Å²) >= 11 is 0. The quantitative estimate of drug-likeness (QED) is 0.0574. The van der Waals surface area contributed by atoms with Gasteiger partial charge in [-0.15, -0.1) is 0 Å². The van der Waals surface area contributed by atoms with Crippen LogP contribution in [0.3, 0.4) is 0 Å². The molecule has 0 atom stereocenters. The van der Waals surface area contributed by atoms with Crippen molar-refractivity contribution in [3.63, 3.8) is 0 Å². The van der Waals surface area contributed by atoms with Gasteiger partial charge in [-0.2, -0.15) is 0 Å². The number of carbonyl (C=O) groups excluding carboxylic acids is 7. The number of carbonyl (C=O) groups is 7. The smallest absolute Gasteiger partial charge is 0.374 e. The Morgan fingerprint density at radius 2 is 1.10 bits per heavy atom. The van der Waals surface area contributed by atoms with Crippen LogP contribution in [0.15, 0.2) is 49.3 Å². The highest BCUT2D eigenvalue weighted by Gasteiger charge is 2.20. The molecular formula is C36H44N14O8. The summed E-state index contributed by atoms with van der Waals surface area (Å²) in [6.07, 6.45) is 9.52. The first kappa shape index (κ1) is 41.6. The largest absolute Gasteiger partial charge is 0.460 e. The number of imidazole rings is 3. The number of esters is 1. The van der Waals surface area contributed by atoms with E-state index in [1.54, 1.807) is 69.9 Å². The van der Waals surface area contributed by atoms with Gasteiger partial charge in [0.25, 0.3) is 23.6 Å². The molecule has 5 heterocycles. The molecule has 0 radical (unpaired) electrons. The first-order chi connectivity index (χ1) is 27.6. The van der Waals surface area contributed by atoms with Crippen LogP contribution in [0.2, 0.25) is 0 Å². The SMILES string of the molecule is CCOC(=O)c1nc(NC(=O)CCCNC(=O)c2cc(NC(=O)c3nc(NC(=O)CCNC(=O)c4cc(NC(=O)c5nccn5C)cn4C)cn3C)cn2C)cn1C. The molecule has 5 aromatic heterocycles. The molecular weight excluding hydrogens is 756 g/mol. The fraction of sp³-hybridized carbons (Fsp3) is 0.333. The molecule has 0 aliphatic rings. The van der Waals surface area contributed by atoms with Crippen molar-refractivity contribution in [2.24, 2.45) is 35.2 Å². The number of anilines is 4. The van der Waals surface area contributed by atoms with Gasteiger partial charge in [0.15, 0.2) is 17.5 Å². The average Bonchev–Trinajstić information content (AvgIpc) is 3.99. The van der Waals surface area contributed by atoms with Crippen LogP contribution >= 0.6 is 0 Å². The summed E-state index contributed by atoms with van der Waals surface area (Å²) in [6, 6.07) is 2.99. The van der Waals surface area contributed by atoms with Crippen molar-refractivity contribution >= 4 is 64.4 Å². The van der Waals surface area contributed by atoms with Crippen molar-refractivity contribution in [1.29, 1.82) is 0 Å². The van der Waals surface area contributed by atoms with E-state index in [0.717, 1.165) is 0 Å². The van der Waals surface area contributed by atoms with E-state index < -0.39 is 35.5 Å². The number of nitrogens with one attached hydrogen (secondary N) is 6. The molecule has 5 aromatic rings. The molecule has 0 aliphatic heterocycles. The molecule has 0 unspecified atom stereocenters. The van der Waals surface area contributed by atoms with Crippen LogP contribution < -0.4 is 31.9 Å². The van der Waals surface area contributed by atoms with Gasteiger partial charge in [0, 0.05) is 98.4 Å². The van der Waals surface area contributed by atoms with E-state index in [1.807, 2.05) is 0 Å². The molecule has 6 amide bonds. The van der Waals surface area contributed by atoms with Crippen LogP contribution in [-0.2, 0) is 49.6 Å². The van der Waals surface area contributed by atoms with Crippen LogP contribution in [0, 0.1) is 0 Å². The van der Waals surface area contributed by atoms with Crippen molar-refractivity contribution in [3.05, 3.63) is 78.2 Å². The van der Waals surface area contributed by atoms with Crippen molar-refractivity contribution in [2.75, 3.05) is 41.0 Å². The lowest BCUT2D eigenvalue weighted by atomic mass is 10.3. The van der Waals surface area contributed by atoms with Gasteiger partial charge in [-0.3, -0.25) is 28.8 Å². The Kier molecular flexibility index (Phi) is 13.2. The highest BCUT2D eigenvalue weighted by molar-refractivity contribution is 6.04. The number of aryl methyl sites for hydroxylation is 5. The fourth-order valence-corrected chi connectivity index (χ4v) is 5.66. The van der Waals surface area contributed by atoms with Gasteiger partial charge in [-0.25, -0.2) is 19.7 Å². The summed E-state index contributed by atoms with van der Waals surface area (Å²) in [5.74, 6) is -2.76. The average molecular weight is 801 g/mol. The summed E-state index contributed by atoms with van der Waals surface area (Å²) < 4.78 is 12.5. The predicted octanol–water partition coefficient (Wildman–Crippen LogP) is 1.15. The lowest BCUT2D eigenvalue weighted by molar-refractivity contribution is -0.117. The van der Waals surface area contributed by atoms with Gasteiger partial charge in [0.2, 0.25) is 23.5 Å². The van der Waals surface area contributed by atoms with Gasteiger partial charge in [0.1, 0.15) is 11.4 Å². The summed E-state index contributed by atoms with van der Waals surface area (Å²) in [5, 5.41) is 16.0. The molecule has 22 heteroatoms. The highest BCUT2D eigenvalue weighted by atomic mass is 16.5. The van der Waals surface area contributed by atoms with Gasteiger partial charge < -0.3 is 59.5 Å². The number of ether oxygens (including phenoxy) is 1. The Labute approximate surface area is 331 Å². The van der Waals surface area contributed by atoms with Crippen molar-refractivity contribution in [3.8, 4) is 0 Å². The van der Waals surface area contributed by atoms with Gasteiger partial charge in [-0.1, -0.05) is 0 Å². The second-order valence-electron chi connectivity index (χ2n) is 13.0. The van der Waals surface area contributed by atoms with Crippen LogP contribution in [0.25, 0.3) is 0 Å². The molecule has 58 heavy (non-hydrogen) atoms. The van der Waals surface area contributed by atoms with Crippen LogP contribution in [0.5, 0.6) is 0 Å². The molecule has 0 bridgehead atoms. The van der Waals surface area contributed by atoms with Crippen LogP contribution in [0.1, 0.15) is 79.0 Å². The Morgan fingerprint density at radius 3 is 1.66 bits per heavy atom. The number of hydrogen-bond acceptors (Lipinski definition) is 11. The molecule has 0 aromatic carbocycles. The number of nitrogens with zero attached hydrogens (tertiary/aromatic N) is 8. The van der Waals surface area contributed by atoms with E-state index in [2.05, 4.69) is 46.9 Å². The zero-order valence-electron chi connectivity index (χ0n) is 32.7. The van der Waals surface area contributed by atoms with Gasteiger partial charge in [0.05, 0.1) is 18.0 Å². The fourth-order valence-electron chi connectivity index (χ4n) is 5.66. The standard InChI is InChI=1S/C36H44N14O8/c1-7-58-36(57)31-45-26(20-50(31)6)42-27(51)9-8-11-38-32(53)23-16-22(18-47(23)3)41-35(56)30-44-25(19-49(30)5)43-28(52)10-12-39-33(54)24-15-21(17-48(24)4)40-34(55)29-37-13-14-46(29)2/h13-20H,7-12H2,1-6H3,(H,38,53)(H,39,54)(H,40,55)(H,41,56)(H,42,51)(H,43,52). The van der Waals surface area contributed by atoms with E-state index in [4.69, 9.17) is 4.74 Å². The normalized spacial score (nSPS) is 10.8. The highest BCUT2D eigenvalue weighted by Crippen LogP contribution is 2.17. The third-order valence-corrected chi connectivity index (χ3v) is 8.47. The first-order valence-corrected chi connectivity index (χ1v) is 18.0. The second-order valence-corrected chi connectivity index (χ2v) is 13.0. The lowest BCUT2D eigenvalue weighted by Crippen LogP contribution is -2.29. The van der Waals surface area contributed by atoms with E-state index in [9.17, 15) is 33.6 Å². The van der Waals surface area contributed by atoms with Gasteiger partial charge >= 0.3 is 5.97 Å². The lowest BCUT2D eigenvalue weighted by Gasteiger charge is -2.06. The minimum Gasteiger partial charge on any atom is -0.460 e. The predicted molar refractivity (Wildman–Crippen MR) is 208 cm³/mol. The Bertz CT molecular complexity index is 2360. The minimum absolute atomic E-state index is 0.00326. The maximum Gasteiger partial charge on any atom is 0.374 e. The molecule has 5 rings (SSSR count). The third kappa shape index (κ3) is 10.4. The number of rotatable bonds is 17. The molecule has 0 spiro atoms. The number of aromatic nitrogens is 8. The monoisotopic (exact) mass is 800 g/mol. The van der Waals surface area contributed by atoms with Crippen LogP contribution in [-0.4, -0.2) is 98.9 Å². The van der Waals surface area contributed by atoms with E-state index in [0.29, 0.717) is 17.8 Å². The molecule has 0 saturated heterocycles. The van der Waals surface area contributed by atoms with Crippen molar-refractivity contribution in [2.45, 2.75) is 26.2 Å². The molecule has 0 fully saturated rings. The number of hydrogen-bond donors (Lipinski definition) is 6. The van der Waals surface area contributed by atoms with E-state index >= 15 is 0 Å². The maximum absolute atomic E-state index is 13.1. The zero-order valence-corrected chi connectivity index (χ0v) is 32.7. The van der Waals surface area contributed by atoms with E-state index in [-0.39, 0.29) is 78.9 Å². The topological polar surface area (TPSA) is 264 Å². The third-order valence-electron chi connectivity index (χ3n) is 8.47. The molecule has 22 nitrogen and oxygen atoms in total. The van der Waals surface area contributed by atoms with Crippen molar-refractivity contribution < 1.29 is 38.3 Å².